The zero-order valence-electron chi connectivity index (χ0n) is 14.6. The van der Waals surface area contributed by atoms with Crippen LogP contribution in [0, 0.1) is 13.8 Å². The van der Waals surface area contributed by atoms with Gasteiger partial charge in [-0.3, -0.25) is 0 Å². The molecule has 124 valence electrons. The summed E-state index contributed by atoms with van der Waals surface area (Å²) in [5, 5.41) is 2.45. The Labute approximate surface area is 144 Å². The molecular weight excluding hydrogens is 294 g/mol. The normalized spacial score (nSPS) is 13.8. The molecule has 2 unspecified atom stereocenters. The molecule has 3 aromatic carbocycles. The number of benzene rings is 3. The molecule has 0 saturated heterocycles. The summed E-state index contributed by atoms with van der Waals surface area (Å²) in [6.45, 7) is 6.80. The van der Waals surface area contributed by atoms with Gasteiger partial charge >= 0.3 is 0 Å². The largest absolute Gasteiger partial charge is 0.367 e. The Kier molecular flexibility index (Phi) is 4.98. The quantitative estimate of drug-likeness (QED) is 0.713. The average Bonchev–Trinajstić information content (AvgIpc) is 2.53. The van der Waals surface area contributed by atoms with Crippen LogP contribution in [0.4, 0.5) is 0 Å². The van der Waals surface area contributed by atoms with E-state index in [1.165, 1.54) is 27.5 Å². The summed E-state index contributed by atoms with van der Waals surface area (Å²) >= 11 is 0. The molecule has 0 bridgehead atoms. The Morgan fingerprint density at radius 1 is 0.875 bits per heavy atom. The van der Waals surface area contributed by atoms with Crippen molar-refractivity contribution in [3.63, 3.8) is 0 Å². The smallest absolute Gasteiger partial charge is 0.0977 e. The topological polar surface area (TPSA) is 35.2 Å². The number of fused-ring (bicyclic) bond motifs is 1. The highest BCUT2D eigenvalue weighted by atomic mass is 16.5. The van der Waals surface area contributed by atoms with Crippen molar-refractivity contribution in [2.45, 2.75) is 39.5 Å². The molecule has 2 N–H and O–H groups in total. The molecule has 0 aliphatic heterocycles. The third kappa shape index (κ3) is 3.84. The Morgan fingerprint density at radius 2 is 1.54 bits per heavy atom. The van der Waals surface area contributed by atoms with Crippen molar-refractivity contribution >= 4 is 10.8 Å². The minimum Gasteiger partial charge on any atom is -0.367 e. The van der Waals surface area contributed by atoms with Gasteiger partial charge in [-0.1, -0.05) is 65.7 Å². The molecule has 0 heterocycles. The third-order valence-corrected chi connectivity index (χ3v) is 4.29. The first-order valence-electron chi connectivity index (χ1n) is 8.46. The molecule has 0 amide bonds. The van der Waals surface area contributed by atoms with E-state index >= 15 is 0 Å². The highest BCUT2D eigenvalue weighted by molar-refractivity contribution is 5.83. The summed E-state index contributed by atoms with van der Waals surface area (Å²) in [7, 11) is 0. The van der Waals surface area contributed by atoms with Crippen molar-refractivity contribution in [3.8, 4) is 0 Å². The zero-order valence-corrected chi connectivity index (χ0v) is 14.6. The van der Waals surface area contributed by atoms with E-state index in [1.54, 1.807) is 0 Å². The number of nitrogens with two attached hydrogens (primary N) is 1. The van der Waals surface area contributed by atoms with Crippen LogP contribution in [0.1, 0.15) is 35.3 Å². The summed E-state index contributed by atoms with van der Waals surface area (Å²) in [6, 6.07) is 21.3. The first kappa shape index (κ1) is 16.7. The van der Waals surface area contributed by atoms with Crippen LogP contribution in [-0.4, -0.2) is 6.04 Å². The molecule has 0 saturated carbocycles. The summed E-state index contributed by atoms with van der Waals surface area (Å²) in [5.41, 5.74) is 11.1. The van der Waals surface area contributed by atoms with Crippen molar-refractivity contribution in [1.82, 2.24) is 0 Å². The number of aryl methyl sites for hydroxylation is 2. The van der Waals surface area contributed by atoms with Crippen LogP contribution in [0.25, 0.3) is 10.8 Å². The van der Waals surface area contributed by atoms with E-state index in [-0.39, 0.29) is 12.1 Å². The fourth-order valence-electron chi connectivity index (χ4n) is 3.27. The molecule has 0 aliphatic rings. The number of hydrogen-bond donors (Lipinski definition) is 1. The molecule has 0 aromatic heterocycles. The molecule has 3 aromatic rings. The standard InChI is InChI=1S/C22H25NO/c1-15-10-16(2)12-18(11-15)14-24-22(17(3)23)21-9-8-19-6-4-5-7-20(19)13-21/h4-13,17,22H,14,23H2,1-3H3. The van der Waals surface area contributed by atoms with Gasteiger partial charge in [0.25, 0.3) is 0 Å². The zero-order chi connectivity index (χ0) is 17.1. The van der Waals surface area contributed by atoms with E-state index in [0.717, 1.165) is 5.56 Å². The second-order valence-corrected chi connectivity index (χ2v) is 6.69. The van der Waals surface area contributed by atoms with Crippen molar-refractivity contribution in [2.24, 2.45) is 5.73 Å². The van der Waals surface area contributed by atoms with E-state index in [0.29, 0.717) is 6.61 Å². The minimum atomic E-state index is -0.115. The number of hydrogen-bond acceptors (Lipinski definition) is 2. The van der Waals surface area contributed by atoms with Gasteiger partial charge in [0.05, 0.1) is 12.7 Å². The van der Waals surface area contributed by atoms with Crippen LogP contribution in [0.5, 0.6) is 0 Å². The van der Waals surface area contributed by atoms with Gasteiger partial charge in [0, 0.05) is 6.04 Å². The molecule has 2 atom stereocenters. The van der Waals surface area contributed by atoms with Crippen LogP contribution >= 0.6 is 0 Å². The monoisotopic (exact) mass is 319 g/mol. The van der Waals surface area contributed by atoms with Gasteiger partial charge in [0.2, 0.25) is 0 Å². The third-order valence-electron chi connectivity index (χ3n) is 4.29. The Balaban J connectivity index is 1.83. The van der Waals surface area contributed by atoms with Crippen LogP contribution < -0.4 is 5.73 Å². The van der Waals surface area contributed by atoms with Gasteiger partial charge in [-0.2, -0.15) is 0 Å². The van der Waals surface area contributed by atoms with Crippen molar-refractivity contribution < 1.29 is 4.74 Å². The van der Waals surface area contributed by atoms with Gasteiger partial charge in [-0.15, -0.1) is 0 Å². The highest BCUT2D eigenvalue weighted by Gasteiger charge is 2.17. The Hall–Kier alpha value is -2.16. The molecule has 0 spiro atoms. The molecule has 0 radical (unpaired) electrons. The van der Waals surface area contributed by atoms with Crippen molar-refractivity contribution in [2.75, 3.05) is 0 Å². The maximum Gasteiger partial charge on any atom is 0.0977 e. The molecule has 3 rings (SSSR count). The molecule has 24 heavy (non-hydrogen) atoms. The number of ether oxygens (including phenoxy) is 1. The Morgan fingerprint density at radius 3 is 2.21 bits per heavy atom. The maximum absolute atomic E-state index is 6.21. The fraction of sp³-hybridized carbons (Fsp3) is 0.273. The van der Waals surface area contributed by atoms with Crippen LogP contribution in [0.2, 0.25) is 0 Å². The molecule has 0 fully saturated rings. The van der Waals surface area contributed by atoms with Gasteiger partial charge < -0.3 is 10.5 Å². The van der Waals surface area contributed by atoms with Crippen molar-refractivity contribution in [1.29, 1.82) is 0 Å². The fourth-order valence-corrected chi connectivity index (χ4v) is 3.27. The lowest BCUT2D eigenvalue weighted by Gasteiger charge is -2.22. The maximum atomic E-state index is 6.21. The van der Waals surface area contributed by atoms with E-state index < -0.39 is 0 Å². The molecule has 0 aliphatic carbocycles. The molecule has 2 heteroatoms. The lowest BCUT2D eigenvalue weighted by molar-refractivity contribution is 0.0259. The van der Waals surface area contributed by atoms with E-state index in [4.69, 9.17) is 10.5 Å². The van der Waals surface area contributed by atoms with E-state index in [2.05, 4.69) is 74.5 Å². The average molecular weight is 319 g/mol. The van der Waals surface area contributed by atoms with Crippen LogP contribution in [-0.2, 0) is 11.3 Å². The van der Waals surface area contributed by atoms with Crippen LogP contribution in [0.3, 0.4) is 0 Å². The van der Waals surface area contributed by atoms with E-state index in [9.17, 15) is 0 Å². The summed E-state index contributed by atoms with van der Waals surface area (Å²) < 4.78 is 6.21. The van der Waals surface area contributed by atoms with Crippen molar-refractivity contribution in [3.05, 3.63) is 82.9 Å². The first-order chi connectivity index (χ1) is 11.5. The predicted octanol–water partition coefficient (Wildman–Crippen LogP) is 5.06. The molecule has 2 nitrogen and oxygen atoms in total. The SMILES string of the molecule is Cc1cc(C)cc(COC(c2ccc3ccccc3c2)C(C)N)c1. The first-order valence-corrected chi connectivity index (χ1v) is 8.46. The number of rotatable bonds is 5. The second-order valence-electron chi connectivity index (χ2n) is 6.69. The summed E-state index contributed by atoms with van der Waals surface area (Å²) in [6.07, 6.45) is -0.115. The summed E-state index contributed by atoms with van der Waals surface area (Å²) in [4.78, 5) is 0. The minimum absolute atomic E-state index is 0.0722. The summed E-state index contributed by atoms with van der Waals surface area (Å²) in [5.74, 6) is 0. The lowest BCUT2D eigenvalue weighted by Crippen LogP contribution is -2.27. The van der Waals surface area contributed by atoms with Gasteiger partial charge in [-0.25, -0.2) is 0 Å². The second kappa shape index (κ2) is 7.16. The molecular formula is C22H25NO. The Bertz CT molecular complexity index is 818. The van der Waals surface area contributed by atoms with E-state index in [1.807, 2.05) is 6.92 Å². The highest BCUT2D eigenvalue weighted by Crippen LogP contribution is 2.26. The van der Waals surface area contributed by atoms with Crippen LogP contribution in [0.15, 0.2) is 60.7 Å². The van der Waals surface area contributed by atoms with Gasteiger partial charge in [0.1, 0.15) is 0 Å². The lowest BCUT2D eigenvalue weighted by atomic mass is 10.00. The van der Waals surface area contributed by atoms with Gasteiger partial charge in [-0.05, 0) is 48.7 Å². The van der Waals surface area contributed by atoms with Gasteiger partial charge in [0.15, 0.2) is 0 Å². The predicted molar refractivity (Wildman–Crippen MR) is 101 cm³/mol.